The largest absolute Gasteiger partial charge is 0.468 e. The molecule has 2 rings (SSSR count). The number of ether oxygens (including phenoxy) is 3. The van der Waals surface area contributed by atoms with Crippen LogP contribution in [0.4, 0.5) is 5.69 Å². The molecular formula is C19H24BrNO5. The molecule has 6 nitrogen and oxygen atoms in total. The molecule has 0 radical (unpaired) electrons. The lowest BCUT2D eigenvalue weighted by Gasteiger charge is -2.44. The van der Waals surface area contributed by atoms with Crippen LogP contribution in [0, 0.1) is 5.41 Å². The van der Waals surface area contributed by atoms with Gasteiger partial charge in [0, 0.05) is 31.0 Å². The number of hydrogen-bond acceptors (Lipinski definition) is 5. The molecule has 1 aliphatic heterocycles. The fraction of sp³-hybridized carbons (Fsp3) is 0.474. The van der Waals surface area contributed by atoms with Crippen LogP contribution in [-0.2, 0) is 19.1 Å². The number of alkyl halides is 1. The standard InChI is InChI=1S/C19H24BrNO5/c1-5-15-14-8-7-13(26-12-24-3)11-16(14)21(6-2)17(22)19(15,9-10-20)18(23)25-4/h5,7-8,11,15H,1,6,9-10,12H2,2-4H3/t15-,19-/m0/s1. The van der Waals surface area contributed by atoms with Gasteiger partial charge in [-0.15, -0.1) is 6.58 Å². The van der Waals surface area contributed by atoms with Crippen molar-refractivity contribution in [3.8, 4) is 5.75 Å². The van der Waals surface area contributed by atoms with Gasteiger partial charge in [-0.1, -0.05) is 28.1 Å². The Kier molecular flexibility index (Phi) is 6.83. The van der Waals surface area contributed by atoms with Crippen LogP contribution in [0.2, 0.25) is 0 Å². The number of allylic oxidation sites excluding steroid dienone is 1. The summed E-state index contributed by atoms with van der Waals surface area (Å²) in [5.74, 6) is -0.733. The molecule has 1 aliphatic rings. The quantitative estimate of drug-likeness (QED) is 0.210. The molecule has 0 spiro atoms. The first-order chi connectivity index (χ1) is 12.5. The SMILES string of the molecule is C=C[C@H]1c2ccc(OCOC)cc2N(CC)C(=O)[C@@]1(CCBr)C(=O)OC. The summed E-state index contributed by atoms with van der Waals surface area (Å²) in [6.07, 6.45) is 1.96. The maximum Gasteiger partial charge on any atom is 0.322 e. The summed E-state index contributed by atoms with van der Waals surface area (Å²) in [4.78, 5) is 27.8. The Morgan fingerprint density at radius 1 is 1.42 bits per heavy atom. The Hall–Kier alpha value is -1.86. The Bertz CT molecular complexity index is 693. The monoisotopic (exact) mass is 425 g/mol. The van der Waals surface area contributed by atoms with E-state index in [2.05, 4.69) is 22.5 Å². The Balaban J connectivity index is 2.66. The Morgan fingerprint density at radius 2 is 2.15 bits per heavy atom. The third-order valence-electron chi connectivity index (χ3n) is 4.72. The van der Waals surface area contributed by atoms with Gasteiger partial charge >= 0.3 is 5.97 Å². The molecule has 1 aromatic carbocycles. The Morgan fingerprint density at radius 3 is 2.69 bits per heavy atom. The lowest BCUT2D eigenvalue weighted by Crippen LogP contribution is -2.56. The lowest BCUT2D eigenvalue weighted by molar-refractivity contribution is -0.159. The third-order valence-corrected chi connectivity index (χ3v) is 5.12. The zero-order chi connectivity index (χ0) is 19.3. The molecule has 0 bridgehead atoms. The van der Waals surface area contributed by atoms with E-state index in [4.69, 9.17) is 14.2 Å². The van der Waals surface area contributed by atoms with E-state index in [1.807, 2.05) is 13.0 Å². The minimum Gasteiger partial charge on any atom is -0.468 e. The first-order valence-electron chi connectivity index (χ1n) is 8.36. The van der Waals surface area contributed by atoms with Gasteiger partial charge in [-0.3, -0.25) is 9.59 Å². The zero-order valence-electron chi connectivity index (χ0n) is 15.3. The van der Waals surface area contributed by atoms with Crippen LogP contribution in [0.5, 0.6) is 5.75 Å². The number of carbonyl (C=O) groups is 2. The summed E-state index contributed by atoms with van der Waals surface area (Å²) in [6.45, 7) is 6.29. The van der Waals surface area contributed by atoms with E-state index in [1.54, 1.807) is 30.2 Å². The van der Waals surface area contributed by atoms with E-state index in [0.717, 1.165) is 5.56 Å². The van der Waals surface area contributed by atoms with Crippen molar-refractivity contribution in [3.05, 3.63) is 36.4 Å². The van der Waals surface area contributed by atoms with Crippen molar-refractivity contribution in [2.75, 3.05) is 37.8 Å². The summed E-state index contributed by atoms with van der Waals surface area (Å²) in [5.41, 5.74) is 0.223. The molecule has 0 aromatic heterocycles. The van der Waals surface area contributed by atoms with Gasteiger partial charge < -0.3 is 19.1 Å². The normalized spacial score (nSPS) is 21.9. The van der Waals surface area contributed by atoms with Crippen molar-refractivity contribution in [2.24, 2.45) is 5.41 Å². The molecule has 0 saturated heterocycles. The number of hydrogen-bond donors (Lipinski definition) is 0. The lowest BCUT2D eigenvalue weighted by atomic mass is 9.66. The number of fused-ring (bicyclic) bond motifs is 1. The van der Waals surface area contributed by atoms with Gasteiger partial charge in [-0.25, -0.2) is 0 Å². The highest BCUT2D eigenvalue weighted by Crippen LogP contribution is 2.51. The van der Waals surface area contributed by atoms with Crippen LogP contribution in [-0.4, -0.2) is 44.8 Å². The molecular weight excluding hydrogens is 402 g/mol. The average molecular weight is 426 g/mol. The van der Waals surface area contributed by atoms with Crippen LogP contribution in [0.15, 0.2) is 30.9 Å². The molecule has 7 heteroatoms. The molecule has 26 heavy (non-hydrogen) atoms. The van der Waals surface area contributed by atoms with Crippen LogP contribution < -0.4 is 9.64 Å². The van der Waals surface area contributed by atoms with E-state index in [-0.39, 0.29) is 12.7 Å². The molecule has 1 aromatic rings. The number of carbonyl (C=O) groups excluding carboxylic acids is 2. The molecule has 1 amide bonds. The van der Waals surface area contributed by atoms with Gasteiger partial charge in [0.1, 0.15) is 5.75 Å². The second-order valence-electron chi connectivity index (χ2n) is 5.94. The van der Waals surface area contributed by atoms with Gasteiger partial charge in [-0.05, 0) is 25.0 Å². The van der Waals surface area contributed by atoms with E-state index in [1.165, 1.54) is 7.11 Å². The van der Waals surface area contributed by atoms with Crippen LogP contribution in [0.25, 0.3) is 0 Å². The van der Waals surface area contributed by atoms with Gasteiger partial charge in [-0.2, -0.15) is 0 Å². The summed E-state index contributed by atoms with van der Waals surface area (Å²) in [6, 6.07) is 5.46. The summed E-state index contributed by atoms with van der Waals surface area (Å²) in [7, 11) is 2.85. The number of rotatable bonds is 8. The van der Waals surface area contributed by atoms with Crippen molar-refractivity contribution in [1.29, 1.82) is 0 Å². The number of nitrogens with zero attached hydrogens (tertiary/aromatic N) is 1. The highest BCUT2D eigenvalue weighted by Gasteiger charge is 2.57. The average Bonchev–Trinajstić information content (AvgIpc) is 2.66. The van der Waals surface area contributed by atoms with Crippen molar-refractivity contribution in [2.45, 2.75) is 19.3 Å². The van der Waals surface area contributed by atoms with Crippen LogP contribution in [0.3, 0.4) is 0 Å². The molecule has 0 unspecified atom stereocenters. The van der Waals surface area contributed by atoms with E-state index < -0.39 is 17.3 Å². The predicted molar refractivity (Wildman–Crippen MR) is 103 cm³/mol. The van der Waals surface area contributed by atoms with E-state index in [0.29, 0.717) is 29.7 Å². The summed E-state index contributed by atoms with van der Waals surface area (Å²) >= 11 is 3.38. The van der Waals surface area contributed by atoms with Crippen LogP contribution >= 0.6 is 15.9 Å². The maximum absolute atomic E-state index is 13.4. The molecule has 2 atom stereocenters. The molecule has 0 N–H and O–H groups in total. The summed E-state index contributed by atoms with van der Waals surface area (Å²) in [5, 5.41) is 0.486. The van der Waals surface area contributed by atoms with Crippen LogP contribution in [0.1, 0.15) is 24.8 Å². The van der Waals surface area contributed by atoms with Crippen molar-refractivity contribution < 1.29 is 23.8 Å². The van der Waals surface area contributed by atoms with Gasteiger partial charge in [0.25, 0.3) is 0 Å². The second kappa shape index (κ2) is 8.68. The van der Waals surface area contributed by atoms with Crippen molar-refractivity contribution in [3.63, 3.8) is 0 Å². The minimum absolute atomic E-state index is 0.111. The number of amides is 1. The predicted octanol–water partition coefficient (Wildman–Crippen LogP) is 3.25. The first kappa shape index (κ1) is 20.5. The maximum atomic E-state index is 13.4. The van der Waals surface area contributed by atoms with E-state index >= 15 is 0 Å². The van der Waals surface area contributed by atoms with Gasteiger partial charge in [0.05, 0.1) is 12.8 Å². The molecule has 0 aliphatic carbocycles. The zero-order valence-corrected chi connectivity index (χ0v) is 16.9. The summed E-state index contributed by atoms with van der Waals surface area (Å²) < 4.78 is 15.5. The second-order valence-corrected chi connectivity index (χ2v) is 6.73. The molecule has 0 saturated carbocycles. The van der Waals surface area contributed by atoms with E-state index in [9.17, 15) is 9.59 Å². The number of methoxy groups -OCH3 is 2. The van der Waals surface area contributed by atoms with Crippen molar-refractivity contribution >= 4 is 33.5 Å². The smallest absolute Gasteiger partial charge is 0.322 e. The highest BCUT2D eigenvalue weighted by atomic mass is 79.9. The Labute approximate surface area is 162 Å². The topological polar surface area (TPSA) is 65.1 Å². The van der Waals surface area contributed by atoms with Crippen molar-refractivity contribution in [1.82, 2.24) is 0 Å². The molecule has 0 fully saturated rings. The number of esters is 1. The molecule has 1 heterocycles. The van der Waals surface area contributed by atoms with Gasteiger partial charge in [0.2, 0.25) is 5.91 Å². The number of benzene rings is 1. The minimum atomic E-state index is -1.34. The van der Waals surface area contributed by atoms with Gasteiger partial charge in [0.15, 0.2) is 12.2 Å². The number of halogens is 1. The number of anilines is 1. The molecule has 142 valence electrons. The first-order valence-corrected chi connectivity index (χ1v) is 9.48. The third kappa shape index (κ3) is 3.25. The highest BCUT2D eigenvalue weighted by molar-refractivity contribution is 9.09. The fourth-order valence-corrected chi connectivity index (χ4v) is 4.16. The fourth-order valence-electron chi connectivity index (χ4n) is 3.54.